The van der Waals surface area contributed by atoms with Gasteiger partial charge in [-0.05, 0) is 38.2 Å². The van der Waals surface area contributed by atoms with Crippen LogP contribution in [-0.4, -0.2) is 26.6 Å². The molecule has 4 heteroatoms. The van der Waals surface area contributed by atoms with Crippen LogP contribution in [0.3, 0.4) is 0 Å². The number of rotatable bonds is 8. The minimum Gasteiger partial charge on any atom is -0.556 e. The maximum absolute atomic E-state index is 6.24. The Kier molecular flexibility index (Phi) is 7.25. The van der Waals surface area contributed by atoms with E-state index >= 15 is 0 Å². The lowest BCUT2D eigenvalue weighted by atomic mass is 9.58. The Labute approximate surface area is 132 Å². The van der Waals surface area contributed by atoms with Crippen molar-refractivity contribution in [3.8, 4) is 0 Å². The lowest BCUT2D eigenvalue weighted by molar-refractivity contribution is -0.101. The molecule has 0 radical (unpaired) electrons. The van der Waals surface area contributed by atoms with E-state index in [4.69, 9.17) is 8.85 Å². The summed E-state index contributed by atoms with van der Waals surface area (Å²) in [4.78, 5) is 0. The molecule has 0 saturated heterocycles. The van der Waals surface area contributed by atoms with Gasteiger partial charge in [-0.25, -0.2) is 0 Å². The predicted molar refractivity (Wildman–Crippen MR) is 95.9 cm³/mol. The van der Waals surface area contributed by atoms with Crippen LogP contribution < -0.4 is 0 Å². The topological polar surface area (TPSA) is 18.5 Å². The Bertz CT molecular complexity index is 348. The van der Waals surface area contributed by atoms with Gasteiger partial charge in [-0.2, -0.15) is 0 Å². The second-order valence-electron chi connectivity index (χ2n) is 7.24. The molecule has 2 nitrogen and oxygen atoms in total. The molecular weight excluding hydrogens is 280 g/mol. The second-order valence-corrected chi connectivity index (χ2v) is 8.05. The van der Waals surface area contributed by atoms with Crippen LogP contribution >= 0.6 is 0 Å². The van der Waals surface area contributed by atoms with E-state index in [1.165, 1.54) is 24.8 Å². The van der Waals surface area contributed by atoms with Crippen molar-refractivity contribution in [1.29, 1.82) is 0 Å². The van der Waals surface area contributed by atoms with Gasteiger partial charge in [-0.3, -0.25) is 0 Å². The Hall–Kier alpha value is -0.0662. The average Bonchev–Trinajstić information content (AvgIpc) is 2.41. The van der Waals surface area contributed by atoms with E-state index in [-0.39, 0.29) is 16.4 Å². The van der Waals surface area contributed by atoms with Crippen LogP contribution in [0.2, 0.25) is 0 Å². The van der Waals surface area contributed by atoms with Gasteiger partial charge in [0.05, 0.1) is 11.4 Å². The Morgan fingerprint density at radius 3 is 1.85 bits per heavy atom. The van der Waals surface area contributed by atoms with Crippen LogP contribution in [0.4, 0.5) is 0 Å². The van der Waals surface area contributed by atoms with Gasteiger partial charge in [0, 0.05) is 5.41 Å². The lowest BCUT2D eigenvalue weighted by Crippen LogP contribution is -2.55. The van der Waals surface area contributed by atoms with Crippen molar-refractivity contribution in [2.45, 2.75) is 80.3 Å². The summed E-state index contributed by atoms with van der Waals surface area (Å²) in [6.07, 6.45) is 3.68. The third-order valence-electron chi connectivity index (χ3n) is 5.82. The molecule has 1 atom stereocenters. The molecule has 0 spiro atoms. The molecule has 0 bridgehead atoms. The molecule has 0 aliphatic rings. The van der Waals surface area contributed by atoms with Gasteiger partial charge in [0.15, 0.2) is 0 Å². The molecule has 0 saturated carbocycles. The predicted octanol–water partition coefficient (Wildman–Crippen LogP) is 2.88. The summed E-state index contributed by atoms with van der Waals surface area (Å²) in [6.45, 7) is 18.1. The average molecular weight is 317 g/mol. The third kappa shape index (κ3) is 3.57. The molecule has 0 N–H and O–H groups in total. The van der Waals surface area contributed by atoms with Crippen molar-refractivity contribution < 1.29 is 8.85 Å². The third-order valence-corrected chi connectivity index (χ3v) is 7.25. The van der Waals surface area contributed by atoms with Crippen LogP contribution in [0.15, 0.2) is 11.3 Å². The van der Waals surface area contributed by atoms with Crippen LogP contribution in [0.1, 0.15) is 74.7 Å². The van der Waals surface area contributed by atoms with E-state index in [0.29, 0.717) is 0 Å². The molecule has 0 heterocycles. The number of allylic oxidation sites excluding steroid dienone is 1. The van der Waals surface area contributed by atoms with Crippen LogP contribution in [0.25, 0.3) is 0 Å². The highest BCUT2D eigenvalue weighted by Crippen LogP contribution is 2.52. The van der Waals surface area contributed by atoms with Crippen molar-refractivity contribution in [2.75, 3.05) is 0 Å². The van der Waals surface area contributed by atoms with E-state index in [9.17, 15) is 0 Å². The van der Waals surface area contributed by atoms with E-state index in [1.807, 2.05) is 0 Å². The van der Waals surface area contributed by atoms with Gasteiger partial charge in [0.1, 0.15) is 10.5 Å². The van der Waals surface area contributed by atoms with Crippen LogP contribution in [-0.2, 0) is 8.85 Å². The van der Waals surface area contributed by atoms with Gasteiger partial charge in [0.25, 0.3) is 0 Å². The largest absolute Gasteiger partial charge is 0.556 e. The molecule has 0 aromatic rings. The Morgan fingerprint density at radius 1 is 1.00 bits per heavy atom. The zero-order chi connectivity index (χ0) is 16.2. The molecule has 0 rings (SSSR count). The fourth-order valence-corrected chi connectivity index (χ4v) is 4.55. The fraction of sp³-hybridized carbons (Fsp3) is 0.875. The standard InChI is InChI=1S/C16H36O2Si2/c1-9-10-11-14(4,5)16(8,18-20)15(6,7)12(2)13(3)17-19/h9-11H2,1-8,19-20H3. The SMILES string of the molecule is CCCCC(C)(C)C(C)(O[SiH3])C(C)(C)C(C)=C(C)O[SiH3]. The molecule has 0 aliphatic heterocycles. The first-order valence-corrected chi connectivity index (χ1v) is 9.42. The summed E-state index contributed by atoms with van der Waals surface area (Å²) in [7, 11) is 1.50. The molecule has 0 aliphatic carbocycles. The Balaban J connectivity index is 5.73. The highest BCUT2D eigenvalue weighted by Gasteiger charge is 2.52. The smallest absolute Gasteiger partial charge is 0.203 e. The van der Waals surface area contributed by atoms with E-state index < -0.39 is 0 Å². The quantitative estimate of drug-likeness (QED) is 0.506. The van der Waals surface area contributed by atoms with Crippen molar-refractivity contribution in [3.05, 3.63) is 11.3 Å². The molecule has 120 valence electrons. The molecule has 0 aromatic heterocycles. The fourth-order valence-electron chi connectivity index (χ4n) is 3.19. The van der Waals surface area contributed by atoms with E-state index in [1.54, 1.807) is 0 Å². The minimum atomic E-state index is -0.174. The molecule has 0 aromatic carbocycles. The van der Waals surface area contributed by atoms with Crippen LogP contribution in [0.5, 0.6) is 0 Å². The van der Waals surface area contributed by atoms with E-state index in [2.05, 4.69) is 55.4 Å². The molecule has 20 heavy (non-hydrogen) atoms. The first-order chi connectivity index (χ1) is 9.01. The van der Waals surface area contributed by atoms with Crippen molar-refractivity contribution in [1.82, 2.24) is 0 Å². The zero-order valence-corrected chi connectivity index (χ0v) is 19.4. The summed E-state index contributed by atoms with van der Waals surface area (Å²) < 4.78 is 11.8. The number of hydrogen-bond donors (Lipinski definition) is 0. The van der Waals surface area contributed by atoms with Gasteiger partial charge in [-0.1, -0.05) is 47.5 Å². The maximum atomic E-state index is 6.24. The second kappa shape index (κ2) is 7.27. The van der Waals surface area contributed by atoms with Crippen molar-refractivity contribution in [3.63, 3.8) is 0 Å². The molecule has 0 fully saturated rings. The van der Waals surface area contributed by atoms with Gasteiger partial charge >= 0.3 is 0 Å². The lowest BCUT2D eigenvalue weighted by Gasteiger charge is -2.54. The zero-order valence-electron chi connectivity index (χ0n) is 15.4. The first kappa shape index (κ1) is 19.9. The Morgan fingerprint density at radius 2 is 1.50 bits per heavy atom. The summed E-state index contributed by atoms with van der Waals surface area (Å²) in [5, 5.41) is 0. The summed E-state index contributed by atoms with van der Waals surface area (Å²) in [5.74, 6) is 1.07. The molecule has 0 amide bonds. The summed E-state index contributed by atoms with van der Waals surface area (Å²) in [6, 6.07) is 0. The number of hydrogen-bond acceptors (Lipinski definition) is 2. The van der Waals surface area contributed by atoms with Crippen LogP contribution in [0, 0.1) is 10.8 Å². The highest BCUT2D eigenvalue weighted by molar-refractivity contribution is 5.99. The van der Waals surface area contributed by atoms with Gasteiger partial charge in [0.2, 0.25) is 10.5 Å². The van der Waals surface area contributed by atoms with E-state index in [0.717, 1.165) is 26.7 Å². The number of unbranched alkanes of at least 4 members (excludes halogenated alkanes) is 1. The normalized spacial score (nSPS) is 17.8. The van der Waals surface area contributed by atoms with Gasteiger partial charge in [-0.15, -0.1) is 0 Å². The van der Waals surface area contributed by atoms with Crippen molar-refractivity contribution in [2.24, 2.45) is 10.8 Å². The highest BCUT2D eigenvalue weighted by atomic mass is 28.2. The first-order valence-electron chi connectivity index (χ1n) is 7.79. The monoisotopic (exact) mass is 316 g/mol. The summed E-state index contributed by atoms with van der Waals surface area (Å²) in [5.41, 5.74) is 1.24. The minimum absolute atomic E-state index is 0.0412. The molecular formula is C16H36O2Si2. The summed E-state index contributed by atoms with van der Waals surface area (Å²) >= 11 is 0. The molecule has 1 unspecified atom stereocenters. The van der Waals surface area contributed by atoms with Gasteiger partial charge < -0.3 is 8.85 Å². The van der Waals surface area contributed by atoms with Crippen molar-refractivity contribution >= 4 is 21.0 Å². The maximum Gasteiger partial charge on any atom is 0.203 e.